The van der Waals surface area contributed by atoms with E-state index in [1.54, 1.807) is 4.90 Å². The molecular weight excluding hydrogens is 371 g/mol. The molecule has 0 unspecified atom stereocenters. The van der Waals surface area contributed by atoms with Crippen LogP contribution in [0, 0.1) is 5.82 Å². The van der Waals surface area contributed by atoms with Crippen molar-refractivity contribution in [3.8, 4) is 5.75 Å². The van der Waals surface area contributed by atoms with Crippen LogP contribution in [-0.2, 0) is 14.6 Å². The van der Waals surface area contributed by atoms with Crippen molar-refractivity contribution in [2.24, 2.45) is 0 Å². The van der Waals surface area contributed by atoms with Gasteiger partial charge in [-0.3, -0.25) is 4.79 Å². The molecule has 0 bridgehead atoms. The van der Waals surface area contributed by atoms with Gasteiger partial charge in [-0.2, -0.15) is 0 Å². The fourth-order valence-electron chi connectivity index (χ4n) is 3.39. The molecule has 1 atom stereocenters. The Morgan fingerprint density at radius 1 is 1.36 bits per heavy atom. The number of nitrogens with zero attached hydrogens (tertiary/aromatic N) is 1. The number of hydrogen-bond acceptors (Lipinski definition) is 4. The second-order valence-corrected chi connectivity index (χ2v) is 9.14. The average molecular weight is 392 g/mol. The minimum atomic E-state index is -2.88. The van der Waals surface area contributed by atoms with Crippen molar-refractivity contribution in [3.63, 3.8) is 0 Å². The van der Waals surface area contributed by atoms with Gasteiger partial charge in [0.15, 0.2) is 16.4 Å². The van der Waals surface area contributed by atoms with Gasteiger partial charge in [0, 0.05) is 6.42 Å². The summed E-state index contributed by atoms with van der Waals surface area (Å²) in [5.41, 5.74) is 0. The van der Waals surface area contributed by atoms with Crippen molar-refractivity contribution in [2.45, 2.75) is 12.5 Å². The van der Waals surface area contributed by atoms with E-state index in [2.05, 4.69) is 0 Å². The molecule has 0 aliphatic carbocycles. The van der Waals surface area contributed by atoms with Crippen molar-refractivity contribution >= 4 is 27.3 Å². The molecule has 0 saturated carbocycles. The summed E-state index contributed by atoms with van der Waals surface area (Å²) in [6.45, 7) is 2.47. The molecule has 0 radical (unpaired) electrons. The van der Waals surface area contributed by atoms with E-state index in [1.807, 2.05) is 0 Å². The van der Waals surface area contributed by atoms with E-state index in [4.69, 9.17) is 16.3 Å². The van der Waals surface area contributed by atoms with Crippen molar-refractivity contribution in [3.05, 3.63) is 29.0 Å². The highest BCUT2D eigenvalue weighted by atomic mass is 35.5. The van der Waals surface area contributed by atoms with Crippen LogP contribution in [0.25, 0.3) is 0 Å². The Morgan fingerprint density at radius 2 is 2.08 bits per heavy atom. The molecule has 1 amide bonds. The van der Waals surface area contributed by atoms with E-state index >= 15 is 0 Å². The smallest absolute Gasteiger partial charge is 0.260 e. The number of nitrogens with one attached hydrogen (secondary N) is 1. The van der Waals surface area contributed by atoms with E-state index in [0.717, 1.165) is 19.2 Å². The topological polar surface area (TPSA) is 68.1 Å². The van der Waals surface area contributed by atoms with Gasteiger partial charge in [0.1, 0.15) is 23.4 Å². The Balaban J connectivity index is 1.47. The number of benzene rings is 1. The summed E-state index contributed by atoms with van der Waals surface area (Å²) < 4.78 is 41.6. The molecule has 138 valence electrons. The number of carbonyl (C=O) groups is 1. The lowest BCUT2D eigenvalue weighted by molar-refractivity contribution is -0.925. The largest absolute Gasteiger partial charge is 0.482 e. The van der Waals surface area contributed by atoms with Crippen LogP contribution in [0.15, 0.2) is 18.2 Å². The number of piperazine rings is 1. The van der Waals surface area contributed by atoms with Gasteiger partial charge in [0.2, 0.25) is 0 Å². The molecule has 25 heavy (non-hydrogen) atoms. The Kier molecular flexibility index (Phi) is 5.50. The second kappa shape index (κ2) is 7.47. The lowest BCUT2D eigenvalue weighted by Gasteiger charge is -2.34. The number of halogens is 2. The van der Waals surface area contributed by atoms with Gasteiger partial charge in [-0.05, 0) is 18.2 Å². The first-order valence-corrected chi connectivity index (χ1v) is 10.4. The zero-order valence-corrected chi connectivity index (χ0v) is 15.3. The van der Waals surface area contributed by atoms with Crippen LogP contribution in [0.1, 0.15) is 6.42 Å². The molecule has 2 heterocycles. The molecule has 1 aromatic carbocycles. The van der Waals surface area contributed by atoms with E-state index in [9.17, 15) is 17.6 Å². The third kappa shape index (κ3) is 4.62. The lowest BCUT2D eigenvalue weighted by Crippen LogP contribution is -3.18. The van der Waals surface area contributed by atoms with Crippen molar-refractivity contribution < 1.29 is 27.2 Å². The van der Waals surface area contributed by atoms with Crippen LogP contribution >= 0.6 is 11.6 Å². The third-order valence-corrected chi connectivity index (χ3v) is 6.88. The monoisotopic (exact) mass is 391 g/mol. The normalized spacial score (nSPS) is 23.6. The quantitative estimate of drug-likeness (QED) is 0.770. The maximum atomic E-state index is 13.0. The number of amides is 1. The number of carbonyl (C=O) groups excluding carboxylic acids is 1. The van der Waals surface area contributed by atoms with Gasteiger partial charge in [-0.25, -0.2) is 12.8 Å². The van der Waals surface area contributed by atoms with Gasteiger partial charge < -0.3 is 14.5 Å². The van der Waals surface area contributed by atoms with Crippen LogP contribution in [0.3, 0.4) is 0 Å². The summed E-state index contributed by atoms with van der Waals surface area (Å²) in [5.74, 6) is 0.186. The fraction of sp³-hybridized carbons (Fsp3) is 0.562. The second-order valence-electron chi connectivity index (χ2n) is 6.50. The van der Waals surface area contributed by atoms with Gasteiger partial charge in [-0.15, -0.1) is 0 Å². The molecule has 1 N–H and O–H groups in total. The van der Waals surface area contributed by atoms with Gasteiger partial charge in [0.25, 0.3) is 5.91 Å². The average Bonchev–Trinajstić information content (AvgIpc) is 2.94. The maximum Gasteiger partial charge on any atom is 0.260 e. The minimum absolute atomic E-state index is 0.129. The molecule has 3 rings (SSSR count). The maximum absolute atomic E-state index is 13.0. The summed E-state index contributed by atoms with van der Waals surface area (Å²) in [6, 6.07) is 3.91. The molecule has 2 fully saturated rings. The standard InChI is InChI=1S/C16H20ClFN2O4S/c17-14-9-12(18)1-2-15(14)24-10-16(21)20-6-4-19(5-7-20)13-3-8-25(22,23)11-13/h1-2,9,13H,3-8,10-11H2/p+1/t13-/m1/s1. The van der Waals surface area contributed by atoms with Crippen molar-refractivity contribution in [1.82, 2.24) is 4.90 Å². The molecule has 2 aliphatic heterocycles. The Morgan fingerprint density at radius 3 is 2.68 bits per heavy atom. The fourth-order valence-corrected chi connectivity index (χ4v) is 5.44. The van der Waals surface area contributed by atoms with Crippen LogP contribution in [0.2, 0.25) is 5.02 Å². The summed E-state index contributed by atoms with van der Waals surface area (Å²) >= 11 is 5.87. The van der Waals surface area contributed by atoms with E-state index in [0.29, 0.717) is 19.5 Å². The molecule has 0 aromatic heterocycles. The Hall–Kier alpha value is -1.38. The van der Waals surface area contributed by atoms with E-state index in [1.165, 1.54) is 17.0 Å². The number of rotatable bonds is 4. The predicted octanol–water partition coefficient (Wildman–Crippen LogP) is -0.228. The Labute approximate surface area is 151 Å². The summed E-state index contributed by atoms with van der Waals surface area (Å²) in [6.07, 6.45) is 0.706. The third-order valence-electron chi connectivity index (χ3n) is 4.81. The summed E-state index contributed by atoms with van der Waals surface area (Å²) in [4.78, 5) is 15.2. The van der Waals surface area contributed by atoms with Gasteiger partial charge in [0.05, 0.1) is 37.0 Å². The van der Waals surface area contributed by atoms with Crippen LogP contribution in [-0.4, -0.2) is 69.6 Å². The van der Waals surface area contributed by atoms with E-state index in [-0.39, 0.29) is 40.8 Å². The molecule has 9 heteroatoms. The van der Waals surface area contributed by atoms with Crippen molar-refractivity contribution in [1.29, 1.82) is 0 Å². The minimum Gasteiger partial charge on any atom is -0.482 e. The van der Waals surface area contributed by atoms with Crippen LogP contribution in [0.5, 0.6) is 5.75 Å². The first-order chi connectivity index (χ1) is 11.8. The zero-order chi connectivity index (χ0) is 18.0. The molecular formula is C16H21ClFN2O4S+. The lowest BCUT2D eigenvalue weighted by atomic mass is 10.2. The Bertz CT molecular complexity index is 751. The van der Waals surface area contributed by atoms with Crippen LogP contribution < -0.4 is 9.64 Å². The first kappa shape index (κ1) is 18.4. The molecule has 6 nitrogen and oxygen atoms in total. The van der Waals surface area contributed by atoms with Gasteiger partial charge >= 0.3 is 0 Å². The number of sulfone groups is 1. The van der Waals surface area contributed by atoms with Crippen LogP contribution in [0.4, 0.5) is 4.39 Å². The highest BCUT2D eigenvalue weighted by molar-refractivity contribution is 7.91. The first-order valence-electron chi connectivity index (χ1n) is 8.25. The predicted molar refractivity (Wildman–Crippen MR) is 91.2 cm³/mol. The van der Waals surface area contributed by atoms with Gasteiger partial charge in [-0.1, -0.05) is 11.6 Å². The molecule has 2 aliphatic rings. The van der Waals surface area contributed by atoms with Crippen molar-refractivity contribution in [2.75, 3.05) is 44.3 Å². The summed E-state index contributed by atoms with van der Waals surface area (Å²) in [5, 5.41) is 0.129. The zero-order valence-electron chi connectivity index (χ0n) is 13.7. The van der Waals surface area contributed by atoms with E-state index < -0.39 is 15.7 Å². The number of ether oxygens (including phenoxy) is 1. The number of hydrogen-bond donors (Lipinski definition) is 1. The highest BCUT2D eigenvalue weighted by Crippen LogP contribution is 2.24. The SMILES string of the molecule is O=C(COc1ccc(F)cc1Cl)N1CC[NH+]([C@@H]2CCS(=O)(=O)C2)CC1. The molecule has 2 saturated heterocycles. The number of quaternary nitrogens is 1. The molecule has 0 spiro atoms. The molecule has 1 aromatic rings. The summed E-state index contributed by atoms with van der Waals surface area (Å²) in [7, 11) is -2.88. The highest BCUT2D eigenvalue weighted by Gasteiger charge is 2.37.